The lowest BCUT2D eigenvalue weighted by molar-refractivity contribution is -0.130. The van der Waals surface area contributed by atoms with Crippen LogP contribution in [0.1, 0.15) is 34.1 Å². The molecule has 0 radical (unpaired) electrons. The van der Waals surface area contributed by atoms with Crippen molar-refractivity contribution < 1.29 is 18.0 Å². The number of rotatable bonds is 8. The molecule has 1 N–H and O–H groups in total. The molecule has 0 bridgehead atoms. The summed E-state index contributed by atoms with van der Waals surface area (Å²) in [5.74, 6) is -0.347. The third-order valence-corrected chi connectivity index (χ3v) is 6.42. The molecule has 0 atom stereocenters. The minimum absolute atomic E-state index is 0.000766. The summed E-state index contributed by atoms with van der Waals surface area (Å²) >= 11 is 1.59. The zero-order valence-electron chi connectivity index (χ0n) is 15.0. The van der Waals surface area contributed by atoms with E-state index in [-0.39, 0.29) is 29.6 Å². The van der Waals surface area contributed by atoms with E-state index in [0.717, 1.165) is 10.4 Å². The number of aryl methyl sites for hydroxylation is 1. The van der Waals surface area contributed by atoms with E-state index in [2.05, 4.69) is 4.72 Å². The fourth-order valence-electron chi connectivity index (χ4n) is 2.32. The number of benzene rings is 1. The van der Waals surface area contributed by atoms with Crippen molar-refractivity contribution in [3.05, 3.63) is 51.7 Å². The molecule has 1 heterocycles. The van der Waals surface area contributed by atoms with Gasteiger partial charge in [-0.25, -0.2) is 13.1 Å². The van der Waals surface area contributed by atoms with E-state index in [1.807, 2.05) is 18.4 Å². The number of carbonyl (C=O) groups excluding carboxylic acids is 2. The molecule has 0 aliphatic carbocycles. The molecule has 1 amide bonds. The number of thiophene rings is 1. The van der Waals surface area contributed by atoms with Gasteiger partial charge in [-0.15, -0.1) is 11.3 Å². The maximum absolute atomic E-state index is 12.3. The number of Topliss-reactive ketones (excluding diaryl/α,β-unsaturated/α-hetero) is 1. The standard InChI is InChI=1S/C18H22N2O4S2/c1-13-8-10-25-17(13)12-20(3)18(22)7-9-19-26(23,24)16-6-4-5-15(11-16)14(2)21/h4-6,8,10-11,19H,7,9,12H2,1-3H3. The Morgan fingerprint density at radius 2 is 1.96 bits per heavy atom. The summed E-state index contributed by atoms with van der Waals surface area (Å²) in [7, 11) is -2.06. The molecule has 2 aromatic rings. The molecular formula is C18H22N2O4S2. The number of hydrogen-bond donors (Lipinski definition) is 1. The van der Waals surface area contributed by atoms with Gasteiger partial charge in [-0.1, -0.05) is 12.1 Å². The average Bonchev–Trinajstić information content (AvgIpc) is 2.99. The van der Waals surface area contributed by atoms with Gasteiger partial charge in [-0.2, -0.15) is 0 Å². The molecule has 0 aliphatic rings. The van der Waals surface area contributed by atoms with E-state index in [0.29, 0.717) is 12.1 Å². The molecule has 2 rings (SSSR count). The molecule has 26 heavy (non-hydrogen) atoms. The van der Waals surface area contributed by atoms with Crippen LogP contribution in [0.3, 0.4) is 0 Å². The maximum atomic E-state index is 12.3. The number of hydrogen-bond acceptors (Lipinski definition) is 5. The van der Waals surface area contributed by atoms with Gasteiger partial charge in [0.05, 0.1) is 11.4 Å². The smallest absolute Gasteiger partial charge is 0.240 e. The van der Waals surface area contributed by atoms with Gasteiger partial charge in [0.15, 0.2) is 5.78 Å². The fraction of sp³-hybridized carbons (Fsp3) is 0.333. The number of ketones is 1. The molecule has 0 aliphatic heterocycles. The third-order valence-electron chi connectivity index (χ3n) is 3.96. The third kappa shape index (κ3) is 5.23. The normalized spacial score (nSPS) is 11.3. The number of amides is 1. The van der Waals surface area contributed by atoms with Crippen molar-refractivity contribution in [3.63, 3.8) is 0 Å². The fourth-order valence-corrected chi connectivity index (χ4v) is 4.35. The lowest BCUT2D eigenvalue weighted by atomic mass is 10.2. The van der Waals surface area contributed by atoms with Crippen molar-refractivity contribution in [2.75, 3.05) is 13.6 Å². The molecule has 6 nitrogen and oxygen atoms in total. The van der Waals surface area contributed by atoms with Crippen LogP contribution in [-0.2, 0) is 21.4 Å². The van der Waals surface area contributed by atoms with Gasteiger partial charge in [-0.3, -0.25) is 9.59 Å². The molecule has 1 aromatic heterocycles. The van der Waals surface area contributed by atoms with Crippen molar-refractivity contribution >= 4 is 33.1 Å². The Labute approximate surface area is 157 Å². The molecule has 0 spiro atoms. The summed E-state index contributed by atoms with van der Waals surface area (Å²) in [6.45, 7) is 3.88. The first-order valence-corrected chi connectivity index (χ1v) is 10.4. The predicted molar refractivity (Wildman–Crippen MR) is 102 cm³/mol. The monoisotopic (exact) mass is 394 g/mol. The first-order valence-electron chi connectivity index (χ1n) is 8.08. The van der Waals surface area contributed by atoms with E-state index >= 15 is 0 Å². The van der Waals surface area contributed by atoms with Crippen LogP contribution in [0.15, 0.2) is 40.6 Å². The lowest BCUT2D eigenvalue weighted by Gasteiger charge is -2.17. The Kier molecular flexibility index (Phi) is 6.69. The molecular weight excluding hydrogens is 372 g/mol. The first kappa shape index (κ1) is 20.3. The van der Waals surface area contributed by atoms with Crippen molar-refractivity contribution in [2.45, 2.75) is 31.7 Å². The summed E-state index contributed by atoms with van der Waals surface area (Å²) in [6, 6.07) is 7.84. The number of nitrogens with one attached hydrogen (secondary N) is 1. The van der Waals surface area contributed by atoms with Gasteiger partial charge in [-0.05, 0) is 43.0 Å². The van der Waals surface area contributed by atoms with Crippen molar-refractivity contribution in [3.8, 4) is 0 Å². The summed E-state index contributed by atoms with van der Waals surface area (Å²) in [5.41, 5.74) is 1.47. The topological polar surface area (TPSA) is 83.5 Å². The van der Waals surface area contributed by atoms with Gasteiger partial charge in [0.2, 0.25) is 15.9 Å². The quantitative estimate of drug-likeness (QED) is 0.698. The highest BCUT2D eigenvalue weighted by atomic mass is 32.2. The molecule has 0 saturated heterocycles. The summed E-state index contributed by atoms with van der Waals surface area (Å²) < 4.78 is 27.0. The van der Waals surface area contributed by atoms with Crippen LogP contribution in [0, 0.1) is 6.92 Å². The SMILES string of the molecule is CC(=O)c1cccc(S(=O)(=O)NCCC(=O)N(C)Cc2sccc2C)c1. The van der Waals surface area contributed by atoms with Crippen LogP contribution in [0.2, 0.25) is 0 Å². The molecule has 0 saturated carbocycles. The summed E-state index contributed by atoms with van der Waals surface area (Å²) in [5, 5.41) is 1.98. The van der Waals surface area contributed by atoms with Crippen LogP contribution < -0.4 is 4.72 Å². The van der Waals surface area contributed by atoms with Crippen molar-refractivity contribution in [1.82, 2.24) is 9.62 Å². The van der Waals surface area contributed by atoms with E-state index in [1.165, 1.54) is 25.1 Å². The second-order valence-electron chi connectivity index (χ2n) is 6.01. The predicted octanol–water partition coefficient (Wildman–Crippen LogP) is 2.59. The van der Waals surface area contributed by atoms with Crippen molar-refractivity contribution in [2.24, 2.45) is 0 Å². The van der Waals surface area contributed by atoms with Gasteiger partial charge >= 0.3 is 0 Å². The second kappa shape index (κ2) is 8.57. The Balaban J connectivity index is 1.91. The van der Waals surface area contributed by atoms with E-state index in [4.69, 9.17) is 0 Å². The van der Waals surface area contributed by atoms with Crippen LogP contribution in [0.25, 0.3) is 0 Å². The van der Waals surface area contributed by atoms with E-state index in [9.17, 15) is 18.0 Å². The minimum atomic E-state index is -3.77. The lowest BCUT2D eigenvalue weighted by Crippen LogP contribution is -2.32. The van der Waals surface area contributed by atoms with E-state index < -0.39 is 10.0 Å². The van der Waals surface area contributed by atoms with Gasteiger partial charge < -0.3 is 4.90 Å². The minimum Gasteiger partial charge on any atom is -0.341 e. The Bertz CT molecular complexity index is 903. The highest BCUT2D eigenvalue weighted by molar-refractivity contribution is 7.89. The van der Waals surface area contributed by atoms with E-state index in [1.54, 1.807) is 29.4 Å². The molecule has 0 fully saturated rings. The number of carbonyl (C=O) groups is 2. The molecule has 140 valence electrons. The maximum Gasteiger partial charge on any atom is 0.240 e. The Hall–Kier alpha value is -2.03. The number of sulfonamides is 1. The van der Waals surface area contributed by atoms with Gasteiger partial charge in [0.25, 0.3) is 0 Å². The summed E-state index contributed by atoms with van der Waals surface area (Å²) in [6.07, 6.45) is 0.0621. The second-order valence-corrected chi connectivity index (χ2v) is 8.78. The van der Waals surface area contributed by atoms with Gasteiger partial charge in [0, 0.05) is 30.5 Å². The number of nitrogens with zero attached hydrogens (tertiary/aromatic N) is 1. The zero-order chi connectivity index (χ0) is 19.3. The Morgan fingerprint density at radius 1 is 1.23 bits per heavy atom. The molecule has 1 aromatic carbocycles. The van der Waals surface area contributed by atoms with Crippen LogP contribution in [0.4, 0.5) is 0 Å². The van der Waals surface area contributed by atoms with Gasteiger partial charge in [0.1, 0.15) is 0 Å². The first-order chi connectivity index (χ1) is 12.2. The highest BCUT2D eigenvalue weighted by Crippen LogP contribution is 2.17. The Morgan fingerprint density at radius 3 is 2.58 bits per heavy atom. The molecule has 0 unspecified atom stereocenters. The van der Waals surface area contributed by atoms with Crippen molar-refractivity contribution in [1.29, 1.82) is 0 Å². The highest BCUT2D eigenvalue weighted by Gasteiger charge is 2.17. The average molecular weight is 395 g/mol. The zero-order valence-corrected chi connectivity index (χ0v) is 16.6. The van der Waals surface area contributed by atoms with Crippen LogP contribution in [-0.4, -0.2) is 38.6 Å². The largest absolute Gasteiger partial charge is 0.341 e. The van der Waals surface area contributed by atoms with Crippen LogP contribution in [0.5, 0.6) is 0 Å². The van der Waals surface area contributed by atoms with Crippen LogP contribution >= 0.6 is 11.3 Å². The molecule has 8 heteroatoms. The summed E-state index contributed by atoms with van der Waals surface area (Å²) in [4.78, 5) is 26.3.